The minimum atomic E-state index is -0.258. The first kappa shape index (κ1) is 29.3. The predicted octanol–water partition coefficient (Wildman–Crippen LogP) is 6.15. The summed E-state index contributed by atoms with van der Waals surface area (Å²) in [6.45, 7) is 1.18. The fourth-order valence-electron chi connectivity index (χ4n) is 4.87. The largest absolute Gasteiger partial charge is 0.493 e. The molecule has 0 aliphatic heterocycles. The summed E-state index contributed by atoms with van der Waals surface area (Å²) in [5, 5.41) is 10.5. The van der Waals surface area contributed by atoms with Crippen LogP contribution >= 0.6 is 11.8 Å². The van der Waals surface area contributed by atoms with Gasteiger partial charge in [-0.15, -0.1) is 10.2 Å². The van der Waals surface area contributed by atoms with Gasteiger partial charge in [0.1, 0.15) is 11.3 Å². The number of unbranched alkanes of at least 4 members (excludes halogenated alkanes) is 1. The highest BCUT2D eigenvalue weighted by molar-refractivity contribution is 7.99. The van der Waals surface area contributed by atoms with Crippen LogP contribution in [0.3, 0.4) is 0 Å². The molecule has 3 aromatic carbocycles. The van der Waals surface area contributed by atoms with Gasteiger partial charge in [-0.3, -0.25) is 4.79 Å². The molecule has 8 nitrogen and oxygen atoms in total. The summed E-state index contributed by atoms with van der Waals surface area (Å²) in [7, 11) is 5.08. The van der Waals surface area contributed by atoms with Crippen molar-refractivity contribution in [3.8, 4) is 11.5 Å². The number of methoxy groups -OCH3 is 2. The summed E-state index contributed by atoms with van der Waals surface area (Å²) >= 11 is 1.54. The lowest BCUT2D eigenvalue weighted by molar-refractivity contribution is -0.129. The molecule has 0 spiro atoms. The van der Waals surface area contributed by atoms with E-state index in [-0.39, 0.29) is 11.7 Å². The second kappa shape index (κ2) is 13.7. The maximum Gasteiger partial charge on any atom is 0.222 e. The number of carbonyl (C=O) groups excluding carboxylic acids is 1. The van der Waals surface area contributed by atoms with E-state index < -0.39 is 0 Å². The van der Waals surface area contributed by atoms with E-state index in [0.29, 0.717) is 36.2 Å². The topological polar surface area (TPSA) is 82.4 Å². The average Bonchev–Trinajstić information content (AvgIpc) is 3.32. The van der Waals surface area contributed by atoms with Crippen molar-refractivity contribution < 1.29 is 18.7 Å². The molecule has 2 heterocycles. The number of thioether (sulfide) groups is 1. The molecule has 0 atom stereocenters. The van der Waals surface area contributed by atoms with Gasteiger partial charge in [-0.2, -0.15) is 0 Å². The molecule has 0 saturated heterocycles. The van der Waals surface area contributed by atoms with Crippen molar-refractivity contribution in [2.75, 3.05) is 33.6 Å². The fourth-order valence-corrected chi connectivity index (χ4v) is 5.65. The maximum atomic E-state index is 13.5. The van der Waals surface area contributed by atoms with E-state index in [2.05, 4.69) is 14.8 Å². The zero-order chi connectivity index (χ0) is 29.5. The van der Waals surface area contributed by atoms with Crippen molar-refractivity contribution in [3.63, 3.8) is 0 Å². The monoisotopic (exact) mass is 587 g/mol. The molecule has 1 amide bonds. The SMILES string of the molecule is COc1ccc(CCN(C)C(=O)CCCCSc2nnc3c4ccccc4n(Cc4ccc(F)cc4)c3n2)cc1OC. The van der Waals surface area contributed by atoms with Gasteiger partial charge in [0, 0.05) is 37.7 Å². The number of carbonyl (C=O) groups is 1. The highest BCUT2D eigenvalue weighted by Gasteiger charge is 2.16. The van der Waals surface area contributed by atoms with Gasteiger partial charge in [-0.05, 0) is 60.7 Å². The van der Waals surface area contributed by atoms with Gasteiger partial charge < -0.3 is 18.9 Å². The number of rotatable bonds is 13. The van der Waals surface area contributed by atoms with Crippen molar-refractivity contribution in [2.24, 2.45) is 0 Å². The quantitative estimate of drug-likeness (QED) is 0.121. The number of fused-ring (bicyclic) bond motifs is 3. The molecule has 5 aromatic rings. The zero-order valence-corrected chi connectivity index (χ0v) is 24.9. The molecule has 5 rings (SSSR count). The number of hydrogen-bond donors (Lipinski definition) is 0. The first-order valence-electron chi connectivity index (χ1n) is 13.9. The second-order valence-corrected chi connectivity index (χ2v) is 11.1. The van der Waals surface area contributed by atoms with Gasteiger partial charge in [-0.25, -0.2) is 9.37 Å². The summed E-state index contributed by atoms with van der Waals surface area (Å²) in [4.78, 5) is 19.3. The first-order chi connectivity index (χ1) is 20.5. The van der Waals surface area contributed by atoms with Crippen molar-refractivity contribution in [1.82, 2.24) is 24.6 Å². The lowest BCUT2D eigenvalue weighted by atomic mass is 10.1. The normalized spacial score (nSPS) is 11.2. The van der Waals surface area contributed by atoms with E-state index in [1.165, 1.54) is 12.1 Å². The summed E-state index contributed by atoms with van der Waals surface area (Å²) in [5.74, 6) is 2.04. The molecule has 0 saturated carbocycles. The number of amides is 1. The van der Waals surface area contributed by atoms with Gasteiger partial charge in [0.05, 0.1) is 19.7 Å². The van der Waals surface area contributed by atoms with Crippen molar-refractivity contribution in [2.45, 2.75) is 37.4 Å². The standard InChI is InChI=1S/C32H34FN5O3S/c1-37(18-17-22-13-16-27(40-2)28(20-22)41-3)29(39)10-6-7-19-42-32-34-31-30(35-36-32)25-8-4-5-9-26(25)38(31)21-23-11-14-24(33)15-12-23/h4-5,8-9,11-16,20H,6-7,10,17-19,21H2,1-3H3. The Labute approximate surface area is 248 Å². The van der Waals surface area contributed by atoms with E-state index in [1.54, 1.807) is 43.0 Å². The van der Waals surface area contributed by atoms with Crippen LogP contribution in [0.5, 0.6) is 11.5 Å². The Hall–Kier alpha value is -4.18. The second-order valence-electron chi connectivity index (χ2n) is 10.1. The van der Waals surface area contributed by atoms with Gasteiger partial charge >= 0.3 is 0 Å². The smallest absolute Gasteiger partial charge is 0.222 e. The molecule has 2 aromatic heterocycles. The summed E-state index contributed by atoms with van der Waals surface area (Å²) < 4.78 is 26.2. The molecule has 0 unspecified atom stereocenters. The van der Waals surface area contributed by atoms with E-state index in [0.717, 1.165) is 58.2 Å². The van der Waals surface area contributed by atoms with Gasteiger partial charge in [0.15, 0.2) is 17.1 Å². The van der Waals surface area contributed by atoms with Crippen LogP contribution < -0.4 is 9.47 Å². The van der Waals surface area contributed by atoms with Crippen LogP contribution in [-0.2, 0) is 17.8 Å². The highest BCUT2D eigenvalue weighted by Crippen LogP contribution is 2.29. The molecule has 0 aliphatic rings. The Morgan fingerprint density at radius 2 is 1.71 bits per heavy atom. The van der Waals surface area contributed by atoms with E-state index in [9.17, 15) is 9.18 Å². The maximum absolute atomic E-state index is 13.5. The molecule has 0 aliphatic carbocycles. The van der Waals surface area contributed by atoms with Crippen LogP contribution in [-0.4, -0.2) is 64.1 Å². The van der Waals surface area contributed by atoms with Crippen LogP contribution in [0, 0.1) is 5.82 Å². The number of hydrogen-bond acceptors (Lipinski definition) is 7. The highest BCUT2D eigenvalue weighted by atomic mass is 32.2. The van der Waals surface area contributed by atoms with Crippen molar-refractivity contribution in [3.05, 3.63) is 83.7 Å². The predicted molar refractivity (Wildman–Crippen MR) is 164 cm³/mol. The number of aromatic nitrogens is 4. The summed E-state index contributed by atoms with van der Waals surface area (Å²) in [6.07, 6.45) is 2.88. The Morgan fingerprint density at radius 1 is 0.952 bits per heavy atom. The number of ether oxygens (including phenoxy) is 2. The third kappa shape index (κ3) is 6.82. The number of benzene rings is 3. The van der Waals surface area contributed by atoms with E-state index >= 15 is 0 Å². The van der Waals surface area contributed by atoms with E-state index in [1.807, 2.05) is 49.5 Å². The fraction of sp³-hybridized carbons (Fsp3) is 0.312. The molecule has 0 bridgehead atoms. The Kier molecular flexibility index (Phi) is 9.53. The van der Waals surface area contributed by atoms with Crippen LogP contribution in [0.2, 0.25) is 0 Å². The zero-order valence-electron chi connectivity index (χ0n) is 24.0. The Bertz CT molecular complexity index is 1670. The molecule has 0 N–H and O–H groups in total. The number of likely N-dealkylation sites (N-methyl/N-ethyl adjacent to an activating group) is 1. The summed E-state index contributed by atoms with van der Waals surface area (Å²) in [5.41, 5.74) is 4.58. The van der Waals surface area contributed by atoms with Crippen LogP contribution in [0.4, 0.5) is 4.39 Å². The molecule has 0 fully saturated rings. The molecular formula is C32H34FN5O3S. The lowest BCUT2D eigenvalue weighted by Crippen LogP contribution is -2.28. The first-order valence-corrected chi connectivity index (χ1v) is 14.9. The minimum absolute atomic E-state index is 0.130. The third-order valence-electron chi connectivity index (χ3n) is 7.23. The molecular weight excluding hydrogens is 553 g/mol. The van der Waals surface area contributed by atoms with Gasteiger partial charge in [-0.1, -0.05) is 48.2 Å². The average molecular weight is 588 g/mol. The van der Waals surface area contributed by atoms with Crippen LogP contribution in [0.15, 0.2) is 71.9 Å². The third-order valence-corrected chi connectivity index (χ3v) is 8.16. The van der Waals surface area contributed by atoms with Crippen molar-refractivity contribution >= 4 is 39.7 Å². The van der Waals surface area contributed by atoms with Gasteiger partial charge in [0.2, 0.25) is 11.1 Å². The van der Waals surface area contributed by atoms with Crippen molar-refractivity contribution in [1.29, 1.82) is 0 Å². The van der Waals surface area contributed by atoms with E-state index in [4.69, 9.17) is 14.5 Å². The minimum Gasteiger partial charge on any atom is -0.493 e. The Morgan fingerprint density at radius 3 is 2.50 bits per heavy atom. The van der Waals surface area contributed by atoms with Crippen LogP contribution in [0.1, 0.15) is 30.4 Å². The molecule has 218 valence electrons. The number of nitrogens with zero attached hydrogens (tertiary/aromatic N) is 5. The van der Waals surface area contributed by atoms with Gasteiger partial charge in [0.25, 0.3) is 0 Å². The molecule has 42 heavy (non-hydrogen) atoms. The Balaban J connectivity index is 1.14. The number of para-hydroxylation sites is 1. The van der Waals surface area contributed by atoms with Crippen LogP contribution in [0.25, 0.3) is 22.1 Å². The molecule has 0 radical (unpaired) electrons. The number of halogens is 1. The molecule has 10 heteroatoms. The summed E-state index contributed by atoms with van der Waals surface area (Å²) in [6, 6.07) is 20.4. The lowest BCUT2D eigenvalue weighted by Gasteiger charge is -2.17.